The van der Waals surface area contributed by atoms with Crippen molar-refractivity contribution in [2.45, 2.75) is 38.6 Å². The minimum atomic E-state index is -3.44. The zero-order valence-corrected chi connectivity index (χ0v) is 11.2. The van der Waals surface area contributed by atoms with E-state index < -0.39 is 10.0 Å². The van der Waals surface area contributed by atoms with Crippen molar-refractivity contribution in [2.24, 2.45) is 5.41 Å². The summed E-state index contributed by atoms with van der Waals surface area (Å²) < 4.78 is 25.7. The van der Waals surface area contributed by atoms with Gasteiger partial charge in [0.15, 0.2) is 0 Å². The van der Waals surface area contributed by atoms with Gasteiger partial charge in [0.1, 0.15) is 4.90 Å². The van der Waals surface area contributed by atoms with E-state index in [1.54, 1.807) is 7.05 Å². The highest BCUT2D eigenvalue weighted by molar-refractivity contribution is 7.89. The zero-order valence-electron chi connectivity index (χ0n) is 10.4. The first kappa shape index (κ1) is 13.2. The Hall–Kier alpha value is -0.880. The molecular weight excluding hydrogens is 226 g/mol. The minimum absolute atomic E-state index is 0.0904. The van der Waals surface area contributed by atoms with E-state index in [0.29, 0.717) is 0 Å². The fourth-order valence-electron chi connectivity index (χ4n) is 1.30. The smallest absolute Gasteiger partial charge is 0.246 e. The van der Waals surface area contributed by atoms with Crippen LogP contribution in [-0.2, 0) is 10.0 Å². The van der Waals surface area contributed by atoms with E-state index >= 15 is 0 Å². The number of hydrogen-bond donors (Lipinski definition) is 1. The lowest BCUT2D eigenvalue weighted by molar-refractivity contribution is 0.216. The summed E-state index contributed by atoms with van der Waals surface area (Å²) in [5.74, 6) is 0. The lowest BCUT2D eigenvalue weighted by atomic mass is 9.88. The Labute approximate surface area is 96.9 Å². The second-order valence-electron chi connectivity index (χ2n) is 5.00. The monoisotopic (exact) mass is 245 g/mol. The minimum Gasteiger partial charge on any atom is -0.284 e. The second kappa shape index (κ2) is 4.18. The molecule has 6 heteroatoms. The third kappa shape index (κ3) is 2.44. The lowest BCUT2D eigenvalue weighted by Crippen LogP contribution is -2.42. The Kier molecular flexibility index (Phi) is 3.44. The Balaban J connectivity index is 3.03. The molecule has 0 amide bonds. The summed E-state index contributed by atoms with van der Waals surface area (Å²) >= 11 is 0. The highest BCUT2D eigenvalue weighted by Crippen LogP contribution is 2.27. The Morgan fingerprint density at radius 3 is 2.38 bits per heavy atom. The molecule has 0 aromatic carbocycles. The number of sulfonamides is 1. The van der Waals surface area contributed by atoms with Crippen LogP contribution in [0.3, 0.4) is 0 Å². The summed E-state index contributed by atoms with van der Waals surface area (Å²) in [6.07, 6.45) is 2.71. The van der Waals surface area contributed by atoms with Gasteiger partial charge in [-0.05, 0) is 12.3 Å². The third-order valence-electron chi connectivity index (χ3n) is 2.95. The van der Waals surface area contributed by atoms with Crippen molar-refractivity contribution < 1.29 is 8.42 Å². The summed E-state index contributed by atoms with van der Waals surface area (Å²) in [7, 11) is -1.84. The van der Waals surface area contributed by atoms with Gasteiger partial charge in [0.05, 0.1) is 6.20 Å². The van der Waals surface area contributed by atoms with Crippen molar-refractivity contribution in [2.75, 3.05) is 7.05 Å². The van der Waals surface area contributed by atoms with Crippen LogP contribution in [0.25, 0.3) is 0 Å². The quantitative estimate of drug-likeness (QED) is 0.876. The van der Waals surface area contributed by atoms with Gasteiger partial charge < -0.3 is 0 Å². The Morgan fingerprint density at radius 2 is 2.00 bits per heavy atom. The topological polar surface area (TPSA) is 66.1 Å². The maximum absolute atomic E-state index is 12.1. The lowest BCUT2D eigenvalue weighted by Gasteiger charge is -2.34. The van der Waals surface area contributed by atoms with Crippen molar-refractivity contribution in [1.29, 1.82) is 0 Å². The van der Waals surface area contributed by atoms with Crippen LogP contribution in [0, 0.1) is 5.41 Å². The van der Waals surface area contributed by atoms with Gasteiger partial charge in [0.25, 0.3) is 0 Å². The van der Waals surface area contributed by atoms with E-state index in [0.717, 1.165) is 0 Å². The summed E-state index contributed by atoms with van der Waals surface area (Å²) in [6, 6.07) is -0.0904. The molecule has 0 saturated heterocycles. The maximum Gasteiger partial charge on any atom is 0.246 e. The highest BCUT2D eigenvalue weighted by atomic mass is 32.2. The average Bonchev–Trinajstić information content (AvgIpc) is 2.67. The van der Waals surface area contributed by atoms with Gasteiger partial charge in [-0.2, -0.15) is 9.40 Å². The van der Waals surface area contributed by atoms with Gasteiger partial charge >= 0.3 is 0 Å². The largest absolute Gasteiger partial charge is 0.284 e. The van der Waals surface area contributed by atoms with Crippen LogP contribution < -0.4 is 0 Å². The van der Waals surface area contributed by atoms with Crippen LogP contribution in [0.15, 0.2) is 17.3 Å². The van der Waals surface area contributed by atoms with Crippen molar-refractivity contribution in [1.82, 2.24) is 14.5 Å². The molecule has 1 unspecified atom stereocenters. The zero-order chi connectivity index (χ0) is 12.6. The average molecular weight is 245 g/mol. The number of hydrogen-bond acceptors (Lipinski definition) is 3. The molecule has 1 aromatic heterocycles. The summed E-state index contributed by atoms with van der Waals surface area (Å²) in [4.78, 5) is 0.200. The number of aromatic amines is 1. The molecule has 0 radical (unpaired) electrons. The first-order valence-corrected chi connectivity index (χ1v) is 6.58. The molecule has 1 N–H and O–H groups in total. The Morgan fingerprint density at radius 1 is 1.44 bits per heavy atom. The molecule has 1 atom stereocenters. The Bertz CT molecular complexity index is 431. The molecular formula is C10H19N3O2S. The van der Waals surface area contributed by atoms with Crippen LogP contribution in [-0.4, -0.2) is 36.0 Å². The maximum atomic E-state index is 12.1. The summed E-state index contributed by atoms with van der Waals surface area (Å²) in [5.41, 5.74) is -0.106. The first-order valence-electron chi connectivity index (χ1n) is 5.14. The highest BCUT2D eigenvalue weighted by Gasteiger charge is 2.32. The van der Waals surface area contributed by atoms with Gasteiger partial charge in [0.2, 0.25) is 10.0 Å². The van der Waals surface area contributed by atoms with E-state index in [-0.39, 0.29) is 16.4 Å². The van der Waals surface area contributed by atoms with Crippen molar-refractivity contribution in [3.63, 3.8) is 0 Å². The first-order chi connectivity index (χ1) is 7.17. The molecule has 5 nitrogen and oxygen atoms in total. The standard InChI is InChI=1S/C10H19N3O2S/c1-8(10(2,3)4)13(5)16(14,15)9-6-11-12-7-9/h6-8H,1-5H3,(H,11,12). The second-order valence-corrected chi connectivity index (χ2v) is 6.99. The number of rotatable bonds is 3. The van der Waals surface area contributed by atoms with E-state index in [9.17, 15) is 8.42 Å². The fraction of sp³-hybridized carbons (Fsp3) is 0.700. The molecule has 0 aliphatic carbocycles. The van der Waals surface area contributed by atoms with E-state index in [1.165, 1.54) is 16.7 Å². The van der Waals surface area contributed by atoms with Gasteiger partial charge in [-0.3, -0.25) is 5.10 Å². The number of H-pyrrole nitrogens is 1. The molecule has 0 aliphatic rings. The van der Waals surface area contributed by atoms with Gasteiger partial charge in [-0.25, -0.2) is 8.42 Å². The SMILES string of the molecule is CC(N(C)S(=O)(=O)c1cn[nH]c1)C(C)(C)C. The third-order valence-corrected chi connectivity index (χ3v) is 4.84. The number of aromatic nitrogens is 2. The van der Waals surface area contributed by atoms with Crippen LogP contribution >= 0.6 is 0 Å². The van der Waals surface area contributed by atoms with Crippen molar-refractivity contribution in [3.05, 3.63) is 12.4 Å². The molecule has 1 heterocycles. The molecule has 0 spiro atoms. The predicted octanol–water partition coefficient (Wildman–Crippen LogP) is 1.46. The van der Waals surface area contributed by atoms with E-state index in [4.69, 9.17) is 0 Å². The summed E-state index contributed by atoms with van der Waals surface area (Å²) in [6.45, 7) is 7.94. The van der Waals surface area contributed by atoms with Crippen LogP contribution in [0.5, 0.6) is 0 Å². The number of nitrogens with one attached hydrogen (secondary N) is 1. The van der Waals surface area contributed by atoms with Crippen LogP contribution in [0.4, 0.5) is 0 Å². The van der Waals surface area contributed by atoms with Crippen molar-refractivity contribution >= 4 is 10.0 Å². The fourth-order valence-corrected chi connectivity index (χ4v) is 2.75. The molecule has 16 heavy (non-hydrogen) atoms. The van der Waals surface area contributed by atoms with Crippen LogP contribution in [0.1, 0.15) is 27.7 Å². The molecule has 0 fully saturated rings. The summed E-state index contributed by atoms with van der Waals surface area (Å²) in [5, 5.41) is 6.17. The molecule has 1 rings (SSSR count). The van der Waals surface area contributed by atoms with Gasteiger partial charge in [0, 0.05) is 19.3 Å². The van der Waals surface area contributed by atoms with Gasteiger partial charge in [-0.15, -0.1) is 0 Å². The number of nitrogens with zero attached hydrogens (tertiary/aromatic N) is 2. The van der Waals surface area contributed by atoms with Gasteiger partial charge in [-0.1, -0.05) is 20.8 Å². The molecule has 0 bridgehead atoms. The van der Waals surface area contributed by atoms with Crippen LogP contribution in [0.2, 0.25) is 0 Å². The van der Waals surface area contributed by atoms with E-state index in [2.05, 4.69) is 10.2 Å². The predicted molar refractivity (Wildman–Crippen MR) is 62.5 cm³/mol. The molecule has 1 aromatic rings. The molecule has 0 aliphatic heterocycles. The molecule has 0 saturated carbocycles. The van der Waals surface area contributed by atoms with E-state index in [1.807, 2.05) is 27.7 Å². The normalized spacial score (nSPS) is 15.4. The van der Waals surface area contributed by atoms with Crippen molar-refractivity contribution in [3.8, 4) is 0 Å². The molecule has 92 valence electrons.